The third-order valence-electron chi connectivity index (χ3n) is 3.54. The number of sulfonamides is 1. The molecule has 1 heterocycles. The van der Waals surface area contributed by atoms with Gasteiger partial charge in [-0.1, -0.05) is 6.07 Å². The lowest BCUT2D eigenvalue weighted by Gasteiger charge is -2.31. The predicted molar refractivity (Wildman–Crippen MR) is 79.9 cm³/mol. The molecule has 1 unspecified atom stereocenters. The van der Waals surface area contributed by atoms with Gasteiger partial charge in [-0.05, 0) is 37.0 Å². The first-order chi connectivity index (χ1) is 9.89. The molecule has 0 radical (unpaired) electrons. The van der Waals surface area contributed by atoms with Crippen LogP contribution < -0.4 is 16.8 Å². The summed E-state index contributed by atoms with van der Waals surface area (Å²) in [5.74, 6) is 0.0714. The summed E-state index contributed by atoms with van der Waals surface area (Å²) in [4.78, 5) is 10.9. The number of nitrogens with one attached hydrogen (secondary N) is 1. The van der Waals surface area contributed by atoms with Crippen molar-refractivity contribution in [3.63, 3.8) is 0 Å². The van der Waals surface area contributed by atoms with E-state index in [-0.39, 0.29) is 10.8 Å². The predicted octanol–water partition coefficient (Wildman–Crippen LogP) is 0.338. The molecule has 1 aliphatic rings. The fraction of sp³-hybridized carbons (Fsp3) is 0.462. The average Bonchev–Trinajstić information content (AvgIpc) is 2.45. The first-order valence-electron chi connectivity index (χ1n) is 6.78. The Morgan fingerprint density at radius 3 is 2.86 bits per heavy atom. The Labute approximate surface area is 124 Å². The topological polar surface area (TPSA) is 119 Å². The summed E-state index contributed by atoms with van der Waals surface area (Å²) >= 11 is 0. The number of hydrogen-bond acceptors (Lipinski definition) is 4. The Hall–Kier alpha value is -1.80. The molecule has 2 rings (SSSR count). The number of hydrogen-bond donors (Lipinski definition) is 3. The van der Waals surface area contributed by atoms with Crippen molar-refractivity contribution in [3.05, 3.63) is 24.3 Å². The zero-order chi connectivity index (χ0) is 15.5. The van der Waals surface area contributed by atoms with Gasteiger partial charge in [-0.15, -0.1) is 0 Å². The molecule has 0 saturated carbocycles. The molecule has 5 N–H and O–H groups in total. The van der Waals surface area contributed by atoms with Crippen molar-refractivity contribution in [2.24, 2.45) is 11.7 Å². The Bertz CT molecular complexity index is 618. The molecular weight excluding hydrogens is 292 g/mol. The molecule has 1 aromatic rings. The molecule has 8 heteroatoms. The summed E-state index contributed by atoms with van der Waals surface area (Å²) < 4.78 is 26.6. The fourth-order valence-corrected chi connectivity index (χ4v) is 4.09. The van der Waals surface area contributed by atoms with Gasteiger partial charge in [-0.25, -0.2) is 13.2 Å². The monoisotopic (exact) mass is 312 g/mol. The molecule has 1 aliphatic heterocycles. The lowest BCUT2D eigenvalue weighted by Crippen LogP contribution is -2.44. The van der Waals surface area contributed by atoms with E-state index in [1.165, 1.54) is 16.4 Å². The number of carbonyl (C=O) groups is 1. The van der Waals surface area contributed by atoms with Gasteiger partial charge in [0.2, 0.25) is 10.0 Å². The van der Waals surface area contributed by atoms with Crippen molar-refractivity contribution in [1.29, 1.82) is 0 Å². The van der Waals surface area contributed by atoms with Gasteiger partial charge in [0.05, 0.1) is 4.90 Å². The second-order valence-corrected chi connectivity index (χ2v) is 7.13. The summed E-state index contributed by atoms with van der Waals surface area (Å²) in [7, 11) is -3.55. The molecule has 1 aromatic carbocycles. The van der Waals surface area contributed by atoms with E-state index in [1.807, 2.05) is 0 Å². The molecule has 0 spiro atoms. The molecule has 0 aliphatic carbocycles. The minimum atomic E-state index is -3.55. The number of carbonyl (C=O) groups excluding carboxylic acids is 1. The number of amides is 2. The Morgan fingerprint density at radius 2 is 2.19 bits per heavy atom. The Morgan fingerprint density at radius 1 is 1.43 bits per heavy atom. The molecule has 0 bridgehead atoms. The minimum Gasteiger partial charge on any atom is -0.399 e. The average molecular weight is 312 g/mol. The van der Waals surface area contributed by atoms with Crippen LogP contribution in [0.2, 0.25) is 0 Å². The maximum atomic E-state index is 12.6. The molecule has 2 amide bonds. The second kappa shape index (κ2) is 6.31. The van der Waals surface area contributed by atoms with Crippen LogP contribution in [-0.2, 0) is 10.0 Å². The maximum Gasteiger partial charge on any atom is 0.312 e. The Kier molecular flexibility index (Phi) is 4.69. The first kappa shape index (κ1) is 15.6. The first-order valence-corrected chi connectivity index (χ1v) is 8.22. The van der Waals surface area contributed by atoms with E-state index >= 15 is 0 Å². The lowest BCUT2D eigenvalue weighted by atomic mass is 10.00. The molecule has 0 aromatic heterocycles. The smallest absolute Gasteiger partial charge is 0.312 e. The van der Waals surface area contributed by atoms with Crippen LogP contribution >= 0.6 is 0 Å². The van der Waals surface area contributed by atoms with Gasteiger partial charge in [0, 0.05) is 25.3 Å². The van der Waals surface area contributed by atoms with Crippen LogP contribution in [-0.4, -0.2) is 38.4 Å². The third kappa shape index (κ3) is 3.85. The van der Waals surface area contributed by atoms with E-state index < -0.39 is 16.1 Å². The van der Waals surface area contributed by atoms with Crippen molar-refractivity contribution < 1.29 is 13.2 Å². The van der Waals surface area contributed by atoms with Crippen molar-refractivity contribution in [1.82, 2.24) is 9.62 Å². The molecule has 7 nitrogen and oxygen atoms in total. The van der Waals surface area contributed by atoms with Crippen molar-refractivity contribution >= 4 is 21.7 Å². The largest absolute Gasteiger partial charge is 0.399 e. The Balaban J connectivity index is 2.11. The summed E-state index contributed by atoms with van der Waals surface area (Å²) in [6.45, 7) is 1.24. The summed E-state index contributed by atoms with van der Waals surface area (Å²) in [6.07, 6.45) is 1.62. The van der Waals surface area contributed by atoms with E-state index in [4.69, 9.17) is 11.5 Å². The highest BCUT2D eigenvalue weighted by Gasteiger charge is 2.30. The van der Waals surface area contributed by atoms with E-state index in [9.17, 15) is 13.2 Å². The molecule has 116 valence electrons. The summed E-state index contributed by atoms with van der Waals surface area (Å²) in [6, 6.07) is 5.68. The molecular formula is C13H20N4O3S. The number of nitrogens with two attached hydrogens (primary N) is 2. The van der Waals surface area contributed by atoms with Gasteiger partial charge in [-0.2, -0.15) is 4.31 Å². The number of anilines is 1. The van der Waals surface area contributed by atoms with Crippen LogP contribution in [0, 0.1) is 5.92 Å². The van der Waals surface area contributed by atoms with Crippen molar-refractivity contribution in [2.45, 2.75) is 17.7 Å². The maximum absolute atomic E-state index is 12.6. The number of urea groups is 1. The van der Waals surface area contributed by atoms with E-state index in [2.05, 4.69) is 5.32 Å². The van der Waals surface area contributed by atoms with E-state index in [1.54, 1.807) is 12.1 Å². The van der Waals surface area contributed by atoms with Crippen LogP contribution in [0.25, 0.3) is 0 Å². The van der Waals surface area contributed by atoms with Gasteiger partial charge in [0.25, 0.3) is 0 Å². The van der Waals surface area contributed by atoms with Crippen LogP contribution in [0.5, 0.6) is 0 Å². The van der Waals surface area contributed by atoms with Crippen LogP contribution in [0.4, 0.5) is 10.5 Å². The van der Waals surface area contributed by atoms with Gasteiger partial charge in [-0.3, -0.25) is 0 Å². The molecule has 1 atom stereocenters. The molecule has 1 saturated heterocycles. The second-order valence-electron chi connectivity index (χ2n) is 5.19. The van der Waals surface area contributed by atoms with Crippen molar-refractivity contribution in [3.8, 4) is 0 Å². The third-order valence-corrected chi connectivity index (χ3v) is 5.40. The minimum absolute atomic E-state index is 0.0714. The van der Waals surface area contributed by atoms with E-state index in [0.717, 1.165) is 12.8 Å². The van der Waals surface area contributed by atoms with Crippen LogP contribution in [0.3, 0.4) is 0 Å². The SMILES string of the molecule is NC(=O)NCC1CCCN(S(=O)(=O)c2cccc(N)c2)C1. The zero-order valence-corrected chi connectivity index (χ0v) is 12.5. The van der Waals surface area contributed by atoms with Gasteiger partial charge < -0.3 is 16.8 Å². The lowest BCUT2D eigenvalue weighted by molar-refractivity contribution is 0.236. The normalized spacial score (nSPS) is 20.1. The molecule has 1 fully saturated rings. The van der Waals surface area contributed by atoms with E-state index in [0.29, 0.717) is 25.3 Å². The highest BCUT2D eigenvalue weighted by atomic mass is 32.2. The number of nitrogen functional groups attached to an aromatic ring is 1. The standard InChI is InChI=1S/C13H20N4O3S/c14-11-4-1-5-12(7-11)21(19,20)17-6-2-3-10(9-17)8-16-13(15)18/h1,4-5,7,10H,2-3,6,8-9,14H2,(H3,15,16,18). The van der Waals surface area contributed by atoms with Gasteiger partial charge in [0.15, 0.2) is 0 Å². The number of piperidine rings is 1. The highest BCUT2D eigenvalue weighted by Crippen LogP contribution is 2.24. The highest BCUT2D eigenvalue weighted by molar-refractivity contribution is 7.89. The van der Waals surface area contributed by atoms with Crippen molar-refractivity contribution in [2.75, 3.05) is 25.4 Å². The summed E-state index contributed by atoms with van der Waals surface area (Å²) in [5.41, 5.74) is 11.1. The fourth-order valence-electron chi connectivity index (χ4n) is 2.48. The van der Waals surface area contributed by atoms with Gasteiger partial charge >= 0.3 is 6.03 Å². The number of primary amides is 1. The molecule has 21 heavy (non-hydrogen) atoms. The van der Waals surface area contributed by atoms with Crippen LogP contribution in [0.15, 0.2) is 29.2 Å². The number of benzene rings is 1. The zero-order valence-electron chi connectivity index (χ0n) is 11.7. The van der Waals surface area contributed by atoms with Crippen LogP contribution in [0.1, 0.15) is 12.8 Å². The quantitative estimate of drug-likeness (QED) is 0.694. The summed E-state index contributed by atoms with van der Waals surface area (Å²) in [5, 5.41) is 2.53. The number of rotatable bonds is 4. The number of nitrogens with zero attached hydrogens (tertiary/aromatic N) is 1. The van der Waals surface area contributed by atoms with Gasteiger partial charge in [0.1, 0.15) is 0 Å².